The van der Waals surface area contributed by atoms with Crippen LogP contribution in [0.15, 0.2) is 53.9 Å². The second kappa shape index (κ2) is 7.27. The van der Waals surface area contributed by atoms with Gasteiger partial charge in [0, 0.05) is 28.7 Å². The molecule has 1 amide bonds. The largest absolute Gasteiger partial charge is 0.362 e. The van der Waals surface area contributed by atoms with Crippen LogP contribution in [0.5, 0.6) is 0 Å². The first-order chi connectivity index (χ1) is 11.7. The first kappa shape index (κ1) is 16.2. The topological polar surface area (TPSA) is 54.0 Å². The molecule has 0 radical (unpaired) electrons. The zero-order valence-electron chi connectivity index (χ0n) is 13.7. The van der Waals surface area contributed by atoms with Crippen LogP contribution >= 0.6 is 11.3 Å². The van der Waals surface area contributed by atoms with E-state index in [2.05, 4.69) is 15.6 Å². The molecule has 5 heteroatoms. The molecule has 3 aromatic rings. The van der Waals surface area contributed by atoms with E-state index in [1.54, 1.807) is 11.3 Å². The summed E-state index contributed by atoms with van der Waals surface area (Å²) in [6, 6.07) is 15.3. The Morgan fingerprint density at radius 1 is 1.12 bits per heavy atom. The predicted molar refractivity (Wildman–Crippen MR) is 101 cm³/mol. The van der Waals surface area contributed by atoms with E-state index in [0.717, 1.165) is 34.2 Å². The minimum Gasteiger partial charge on any atom is -0.362 e. The number of benzene rings is 2. The number of carbonyl (C=O) groups is 1. The Kier molecular flexibility index (Phi) is 4.91. The maximum Gasteiger partial charge on any atom is 0.255 e. The lowest BCUT2D eigenvalue weighted by atomic mass is 10.1. The number of anilines is 2. The zero-order chi connectivity index (χ0) is 16.9. The first-order valence-corrected chi connectivity index (χ1v) is 8.72. The molecule has 24 heavy (non-hydrogen) atoms. The average Bonchev–Trinajstić information content (AvgIpc) is 3.05. The van der Waals surface area contributed by atoms with Gasteiger partial charge in [-0.3, -0.25) is 4.79 Å². The summed E-state index contributed by atoms with van der Waals surface area (Å²) in [4.78, 5) is 16.9. The molecule has 0 spiro atoms. The van der Waals surface area contributed by atoms with Gasteiger partial charge in [-0.05, 0) is 37.6 Å². The highest BCUT2D eigenvalue weighted by Crippen LogP contribution is 2.26. The summed E-state index contributed by atoms with van der Waals surface area (Å²) >= 11 is 1.59. The van der Waals surface area contributed by atoms with Gasteiger partial charge in [0.25, 0.3) is 5.91 Å². The third-order valence-corrected chi connectivity index (χ3v) is 4.46. The molecule has 0 aliphatic rings. The number of nitrogens with one attached hydrogen (secondary N) is 2. The van der Waals surface area contributed by atoms with Gasteiger partial charge >= 0.3 is 0 Å². The second-order valence-electron chi connectivity index (χ2n) is 5.41. The molecule has 0 aliphatic heterocycles. The number of hydrogen-bond acceptors (Lipinski definition) is 4. The van der Waals surface area contributed by atoms with Crippen LogP contribution in [0.2, 0.25) is 0 Å². The normalized spacial score (nSPS) is 10.4. The number of aromatic nitrogens is 1. The van der Waals surface area contributed by atoms with Crippen molar-refractivity contribution in [3.05, 3.63) is 65.0 Å². The highest BCUT2D eigenvalue weighted by molar-refractivity contribution is 7.14. The molecule has 122 valence electrons. The predicted octanol–water partition coefficient (Wildman–Crippen LogP) is 4.80. The first-order valence-electron chi connectivity index (χ1n) is 7.84. The van der Waals surface area contributed by atoms with E-state index in [4.69, 9.17) is 0 Å². The molecule has 2 aromatic carbocycles. The lowest BCUT2D eigenvalue weighted by molar-refractivity contribution is 0.102. The Labute approximate surface area is 145 Å². The third kappa shape index (κ3) is 3.63. The van der Waals surface area contributed by atoms with Crippen molar-refractivity contribution in [1.29, 1.82) is 0 Å². The molecule has 1 heterocycles. The lowest BCUT2D eigenvalue weighted by Crippen LogP contribution is -2.13. The van der Waals surface area contributed by atoms with Crippen molar-refractivity contribution in [2.75, 3.05) is 17.2 Å². The van der Waals surface area contributed by atoms with Gasteiger partial charge in [0.1, 0.15) is 0 Å². The molecule has 0 saturated carbocycles. The van der Waals surface area contributed by atoms with Crippen LogP contribution in [0, 0.1) is 6.92 Å². The Bertz CT molecular complexity index is 840. The average molecular weight is 337 g/mol. The van der Waals surface area contributed by atoms with Crippen molar-refractivity contribution in [3.63, 3.8) is 0 Å². The van der Waals surface area contributed by atoms with E-state index in [-0.39, 0.29) is 5.91 Å². The number of nitrogens with zero attached hydrogens (tertiary/aromatic N) is 1. The van der Waals surface area contributed by atoms with Crippen LogP contribution < -0.4 is 10.6 Å². The van der Waals surface area contributed by atoms with E-state index < -0.39 is 0 Å². The van der Waals surface area contributed by atoms with E-state index >= 15 is 0 Å². The number of rotatable bonds is 5. The molecule has 0 unspecified atom stereocenters. The summed E-state index contributed by atoms with van der Waals surface area (Å²) in [6.45, 7) is 4.84. The Hall–Kier alpha value is -2.66. The standard InChI is InChI=1S/C19H19N3OS/c1-3-20-19-22-17(12-24-19)14-8-10-15(11-9-14)21-18(23)16-7-5-4-6-13(16)2/h4-12H,3H2,1-2H3,(H,20,22)(H,21,23). The van der Waals surface area contributed by atoms with Crippen LogP contribution in [0.25, 0.3) is 11.3 Å². The summed E-state index contributed by atoms with van der Waals surface area (Å²) in [6.07, 6.45) is 0. The highest BCUT2D eigenvalue weighted by atomic mass is 32.1. The fourth-order valence-electron chi connectivity index (χ4n) is 2.39. The van der Waals surface area contributed by atoms with Crippen LogP contribution in [0.4, 0.5) is 10.8 Å². The maximum atomic E-state index is 12.3. The van der Waals surface area contributed by atoms with Crippen LogP contribution in [0.1, 0.15) is 22.8 Å². The van der Waals surface area contributed by atoms with Crippen molar-refractivity contribution < 1.29 is 4.79 Å². The van der Waals surface area contributed by atoms with Gasteiger partial charge in [-0.2, -0.15) is 0 Å². The van der Waals surface area contributed by atoms with Gasteiger partial charge in [0.15, 0.2) is 5.13 Å². The monoisotopic (exact) mass is 337 g/mol. The fraction of sp³-hybridized carbons (Fsp3) is 0.158. The Morgan fingerprint density at radius 2 is 1.88 bits per heavy atom. The summed E-state index contributed by atoms with van der Waals surface area (Å²) in [7, 11) is 0. The van der Waals surface area contributed by atoms with Gasteiger partial charge in [0.2, 0.25) is 0 Å². The molecular formula is C19H19N3OS. The molecule has 2 N–H and O–H groups in total. The summed E-state index contributed by atoms with van der Waals surface area (Å²) in [5.41, 5.74) is 4.40. The molecule has 4 nitrogen and oxygen atoms in total. The maximum absolute atomic E-state index is 12.3. The third-order valence-electron chi connectivity index (χ3n) is 3.66. The molecule has 0 bridgehead atoms. The number of amides is 1. The minimum atomic E-state index is -0.0936. The SMILES string of the molecule is CCNc1nc(-c2ccc(NC(=O)c3ccccc3C)cc2)cs1. The van der Waals surface area contributed by atoms with E-state index in [1.165, 1.54) is 0 Å². The summed E-state index contributed by atoms with van der Waals surface area (Å²) < 4.78 is 0. The van der Waals surface area contributed by atoms with Crippen molar-refractivity contribution >= 4 is 28.1 Å². The quantitative estimate of drug-likeness (QED) is 0.703. The fourth-order valence-corrected chi connectivity index (χ4v) is 3.18. The number of carbonyl (C=O) groups excluding carboxylic acids is 1. The molecule has 3 rings (SSSR count). The number of thiazole rings is 1. The van der Waals surface area contributed by atoms with Crippen LogP contribution in [-0.4, -0.2) is 17.4 Å². The molecule has 0 fully saturated rings. The zero-order valence-corrected chi connectivity index (χ0v) is 14.5. The lowest BCUT2D eigenvalue weighted by Gasteiger charge is -2.08. The van der Waals surface area contributed by atoms with Crippen molar-refractivity contribution in [3.8, 4) is 11.3 Å². The molecule has 0 atom stereocenters. The van der Waals surface area contributed by atoms with Crippen molar-refractivity contribution in [2.24, 2.45) is 0 Å². The van der Waals surface area contributed by atoms with Gasteiger partial charge < -0.3 is 10.6 Å². The van der Waals surface area contributed by atoms with Gasteiger partial charge in [-0.1, -0.05) is 30.3 Å². The van der Waals surface area contributed by atoms with Gasteiger partial charge in [0.05, 0.1) is 5.69 Å². The molecular weight excluding hydrogens is 318 g/mol. The van der Waals surface area contributed by atoms with Crippen LogP contribution in [0.3, 0.4) is 0 Å². The number of aryl methyl sites for hydroxylation is 1. The van der Waals surface area contributed by atoms with Crippen molar-refractivity contribution in [1.82, 2.24) is 4.98 Å². The van der Waals surface area contributed by atoms with E-state index in [0.29, 0.717) is 5.56 Å². The minimum absolute atomic E-state index is 0.0936. The second-order valence-corrected chi connectivity index (χ2v) is 6.27. The van der Waals surface area contributed by atoms with Gasteiger partial charge in [-0.25, -0.2) is 4.98 Å². The molecule has 0 aliphatic carbocycles. The smallest absolute Gasteiger partial charge is 0.255 e. The summed E-state index contributed by atoms with van der Waals surface area (Å²) in [5, 5.41) is 9.09. The molecule has 0 saturated heterocycles. The summed E-state index contributed by atoms with van der Waals surface area (Å²) in [5.74, 6) is -0.0936. The van der Waals surface area contributed by atoms with Crippen molar-refractivity contribution in [2.45, 2.75) is 13.8 Å². The Morgan fingerprint density at radius 3 is 2.58 bits per heavy atom. The number of hydrogen-bond donors (Lipinski definition) is 2. The van der Waals surface area contributed by atoms with E-state index in [9.17, 15) is 4.79 Å². The highest BCUT2D eigenvalue weighted by Gasteiger charge is 2.09. The van der Waals surface area contributed by atoms with Crippen LogP contribution in [-0.2, 0) is 0 Å². The van der Waals surface area contributed by atoms with Gasteiger partial charge in [-0.15, -0.1) is 11.3 Å². The van der Waals surface area contributed by atoms with E-state index in [1.807, 2.05) is 67.8 Å². The molecule has 1 aromatic heterocycles. The Balaban J connectivity index is 1.72.